The smallest absolute Gasteiger partial charge is 0.310 e. The molecule has 2 saturated carbocycles. The van der Waals surface area contributed by atoms with Gasteiger partial charge in [-0.25, -0.2) is 0 Å². The number of aryl methyl sites for hydroxylation is 1. The molecule has 3 saturated heterocycles. The van der Waals surface area contributed by atoms with Gasteiger partial charge in [0.05, 0.1) is 18.1 Å². The first-order valence-corrected chi connectivity index (χ1v) is 12.8. The Balaban J connectivity index is 1.12. The Morgan fingerprint density at radius 2 is 1.97 bits per heavy atom. The second-order valence-electron chi connectivity index (χ2n) is 11.3. The summed E-state index contributed by atoms with van der Waals surface area (Å²) >= 11 is 6.24. The maximum absolute atomic E-state index is 13.0. The first kappa shape index (κ1) is 21.2. The zero-order chi connectivity index (χ0) is 22.1. The van der Waals surface area contributed by atoms with Crippen LogP contribution in [0.4, 0.5) is 5.69 Å². The fraction of sp³-hybridized carbons (Fsp3) is 0.731. The van der Waals surface area contributed by atoms with Gasteiger partial charge in [-0.1, -0.05) is 24.6 Å². The highest BCUT2D eigenvalue weighted by Crippen LogP contribution is 2.62. The molecule has 5 aliphatic rings. The Bertz CT molecular complexity index is 910. The van der Waals surface area contributed by atoms with E-state index in [1.54, 1.807) is 0 Å². The van der Waals surface area contributed by atoms with Gasteiger partial charge in [0.25, 0.3) is 0 Å². The van der Waals surface area contributed by atoms with E-state index in [1.807, 2.05) is 6.07 Å². The summed E-state index contributed by atoms with van der Waals surface area (Å²) < 4.78 is 12.1. The van der Waals surface area contributed by atoms with E-state index in [-0.39, 0.29) is 29.0 Å². The van der Waals surface area contributed by atoms with E-state index in [0.29, 0.717) is 11.8 Å². The van der Waals surface area contributed by atoms with E-state index in [1.165, 1.54) is 30.5 Å². The van der Waals surface area contributed by atoms with Crippen molar-refractivity contribution in [1.82, 2.24) is 4.90 Å². The molecule has 0 unspecified atom stereocenters. The summed E-state index contributed by atoms with van der Waals surface area (Å²) in [4.78, 5) is 17.9. The lowest BCUT2D eigenvalue weighted by molar-refractivity contribution is -0.147. The predicted molar refractivity (Wildman–Crippen MR) is 125 cm³/mol. The van der Waals surface area contributed by atoms with Crippen molar-refractivity contribution >= 4 is 23.3 Å². The van der Waals surface area contributed by atoms with Gasteiger partial charge in [-0.3, -0.25) is 9.69 Å². The van der Waals surface area contributed by atoms with Crippen molar-refractivity contribution in [3.05, 3.63) is 28.8 Å². The van der Waals surface area contributed by atoms with Crippen LogP contribution < -0.4 is 4.90 Å². The fourth-order valence-electron chi connectivity index (χ4n) is 7.54. The minimum absolute atomic E-state index is 0.0155. The van der Waals surface area contributed by atoms with Crippen LogP contribution in [0.1, 0.15) is 44.6 Å². The van der Waals surface area contributed by atoms with Crippen molar-refractivity contribution in [3.8, 4) is 0 Å². The number of hydrogen-bond donors (Lipinski definition) is 0. The second-order valence-corrected chi connectivity index (χ2v) is 11.8. The van der Waals surface area contributed by atoms with Crippen molar-refractivity contribution < 1.29 is 14.3 Å². The molecule has 1 aromatic rings. The van der Waals surface area contributed by atoms with Crippen LogP contribution in [0, 0.1) is 30.1 Å². The minimum atomic E-state index is 0.0155. The van der Waals surface area contributed by atoms with Crippen LogP contribution >= 0.6 is 11.6 Å². The summed E-state index contributed by atoms with van der Waals surface area (Å²) in [6, 6.07) is 6.12. The normalized spacial score (nSPS) is 41.3. The number of carbonyl (C=O) groups excluding carboxylic acids is 1. The van der Waals surface area contributed by atoms with Crippen LogP contribution in [0.15, 0.2) is 18.2 Å². The van der Waals surface area contributed by atoms with E-state index in [4.69, 9.17) is 21.1 Å². The number of benzene rings is 1. The summed E-state index contributed by atoms with van der Waals surface area (Å²) in [5.74, 6) is 1.00. The molecule has 3 heterocycles. The van der Waals surface area contributed by atoms with E-state index < -0.39 is 0 Å². The molecule has 0 amide bonds. The van der Waals surface area contributed by atoms with Gasteiger partial charge >= 0.3 is 5.97 Å². The lowest BCUT2D eigenvalue weighted by Gasteiger charge is -2.51. The molecule has 1 spiro atoms. The van der Waals surface area contributed by atoms with Crippen LogP contribution in [-0.4, -0.2) is 61.9 Å². The largest absolute Gasteiger partial charge is 0.462 e. The second kappa shape index (κ2) is 7.61. The lowest BCUT2D eigenvalue weighted by atomic mass is 9.53. The number of carbonyl (C=O) groups is 1. The number of halogens is 1. The third-order valence-corrected chi connectivity index (χ3v) is 9.65. The number of ether oxygens (including phenoxy) is 2. The average Bonchev–Trinajstić information content (AvgIpc) is 3.47. The minimum Gasteiger partial charge on any atom is -0.462 e. The monoisotopic (exact) mass is 458 g/mol. The molecule has 5 fully saturated rings. The SMILES string of the molecule is Cc1ccc(Cl)cc1N1CCN(C[C@H]2C(=O)O[C@@H]3C[C@@]4(C)CCC[C@@]5(CO5)[C@H]4C[C@H]32)CC1. The molecule has 1 aromatic carbocycles. The van der Waals surface area contributed by atoms with Gasteiger partial charge in [0.1, 0.15) is 6.10 Å². The Morgan fingerprint density at radius 1 is 1.19 bits per heavy atom. The van der Waals surface area contributed by atoms with Gasteiger partial charge in [0, 0.05) is 49.4 Å². The molecule has 0 bridgehead atoms. The highest BCUT2D eigenvalue weighted by atomic mass is 35.5. The molecule has 3 aliphatic heterocycles. The summed E-state index contributed by atoms with van der Waals surface area (Å²) in [6.45, 7) is 10.2. The van der Waals surface area contributed by atoms with Crippen LogP contribution in [-0.2, 0) is 14.3 Å². The molecule has 0 radical (unpaired) electrons. The molecule has 6 rings (SSSR count). The maximum Gasteiger partial charge on any atom is 0.310 e. The van der Waals surface area contributed by atoms with Crippen molar-refractivity contribution in [2.75, 3.05) is 44.2 Å². The van der Waals surface area contributed by atoms with E-state index >= 15 is 0 Å². The van der Waals surface area contributed by atoms with Gasteiger partial charge < -0.3 is 14.4 Å². The van der Waals surface area contributed by atoms with Crippen molar-refractivity contribution in [2.45, 2.75) is 57.7 Å². The average molecular weight is 459 g/mol. The van der Waals surface area contributed by atoms with Gasteiger partial charge in [0.2, 0.25) is 0 Å². The maximum atomic E-state index is 13.0. The molecule has 32 heavy (non-hydrogen) atoms. The third-order valence-electron chi connectivity index (χ3n) is 9.42. The number of anilines is 1. The number of hydrogen-bond acceptors (Lipinski definition) is 5. The topological polar surface area (TPSA) is 45.3 Å². The number of fused-ring (bicyclic) bond motifs is 3. The highest BCUT2D eigenvalue weighted by molar-refractivity contribution is 6.30. The quantitative estimate of drug-likeness (QED) is 0.499. The Labute approximate surface area is 196 Å². The summed E-state index contributed by atoms with van der Waals surface area (Å²) in [5.41, 5.74) is 2.88. The first-order valence-electron chi connectivity index (χ1n) is 12.4. The standard InChI is InChI=1S/C26H35ClN2O3/c1-17-4-5-18(27)12-21(17)29-10-8-28(9-11-29)15-20-19-13-23-25(2,14-22(19)32-24(20)30)6-3-7-26(23)16-31-26/h4-5,12,19-20,22-23H,3,6-11,13-16H2,1-2H3/t19-,20+,22+,23-,25+,26+/m0/s1. The number of rotatable bonds is 3. The number of esters is 1. The molecule has 2 aliphatic carbocycles. The van der Waals surface area contributed by atoms with Gasteiger partial charge in [-0.05, 0) is 68.1 Å². The first-order chi connectivity index (χ1) is 15.4. The van der Waals surface area contributed by atoms with Gasteiger partial charge in [-0.2, -0.15) is 0 Å². The highest BCUT2D eigenvalue weighted by Gasteiger charge is 2.65. The van der Waals surface area contributed by atoms with Gasteiger partial charge in [0.15, 0.2) is 0 Å². The Hall–Kier alpha value is -1.30. The number of nitrogens with zero attached hydrogens (tertiary/aromatic N) is 2. The van der Waals surface area contributed by atoms with Crippen molar-refractivity contribution in [2.24, 2.45) is 23.2 Å². The van der Waals surface area contributed by atoms with Crippen LogP contribution in [0.5, 0.6) is 0 Å². The van der Waals surface area contributed by atoms with Crippen molar-refractivity contribution in [3.63, 3.8) is 0 Å². The molecule has 0 N–H and O–H groups in total. The molecule has 5 nitrogen and oxygen atoms in total. The fourth-order valence-corrected chi connectivity index (χ4v) is 7.70. The van der Waals surface area contributed by atoms with Crippen LogP contribution in [0.2, 0.25) is 5.02 Å². The molecule has 6 heteroatoms. The molecular formula is C26H35ClN2O3. The molecule has 174 valence electrons. The van der Waals surface area contributed by atoms with E-state index in [0.717, 1.165) is 57.2 Å². The zero-order valence-corrected chi connectivity index (χ0v) is 20.1. The third kappa shape index (κ3) is 3.47. The van der Waals surface area contributed by atoms with Crippen LogP contribution in [0.25, 0.3) is 0 Å². The summed E-state index contributed by atoms with van der Waals surface area (Å²) in [7, 11) is 0. The summed E-state index contributed by atoms with van der Waals surface area (Å²) in [6.07, 6.45) is 5.93. The molecule has 6 atom stereocenters. The van der Waals surface area contributed by atoms with Crippen LogP contribution in [0.3, 0.4) is 0 Å². The van der Waals surface area contributed by atoms with E-state index in [2.05, 4.69) is 35.8 Å². The Morgan fingerprint density at radius 3 is 2.72 bits per heavy atom. The molecular weight excluding hydrogens is 424 g/mol. The molecule has 0 aromatic heterocycles. The van der Waals surface area contributed by atoms with E-state index in [9.17, 15) is 4.79 Å². The Kier molecular flexibility index (Phi) is 5.05. The number of epoxide rings is 1. The predicted octanol–water partition coefficient (Wildman–Crippen LogP) is 4.30. The lowest BCUT2D eigenvalue weighted by Crippen LogP contribution is -2.52. The van der Waals surface area contributed by atoms with Crippen molar-refractivity contribution in [1.29, 1.82) is 0 Å². The van der Waals surface area contributed by atoms with Gasteiger partial charge in [-0.15, -0.1) is 0 Å². The number of piperazine rings is 1. The summed E-state index contributed by atoms with van der Waals surface area (Å²) in [5, 5.41) is 0.789. The zero-order valence-electron chi connectivity index (χ0n) is 19.3.